The molecule has 1 rings (SSSR count). The van der Waals surface area contributed by atoms with Crippen LogP contribution in [-0.4, -0.2) is 28.6 Å². The van der Waals surface area contributed by atoms with Gasteiger partial charge in [0.2, 0.25) is 0 Å². The van der Waals surface area contributed by atoms with Gasteiger partial charge in [-0.3, -0.25) is 14.9 Å². The Bertz CT molecular complexity index is 470. The largest absolute Gasteiger partial charge is 0.393 e. The molecule has 0 aliphatic heterocycles. The fraction of sp³-hybridized carbons (Fsp3) is 0.583. The molecule has 2 N–H and O–H groups in total. The Balaban J connectivity index is 2.59. The molecule has 0 spiro atoms. The highest BCUT2D eigenvalue weighted by Gasteiger charge is 2.19. The molecular weight excluding hydrogens is 268 g/mol. The average molecular weight is 286 g/mol. The molecule has 0 fully saturated rings. The first-order chi connectivity index (χ1) is 8.81. The zero-order valence-corrected chi connectivity index (χ0v) is 12.0. The topological polar surface area (TPSA) is 92.5 Å². The summed E-state index contributed by atoms with van der Waals surface area (Å²) < 4.78 is 0. The fourth-order valence-electron chi connectivity index (χ4n) is 1.79. The number of nitro groups is 1. The van der Waals surface area contributed by atoms with Crippen LogP contribution in [0.15, 0.2) is 6.07 Å². The standard InChI is InChI=1S/C12H18N2O4S/c1-7(4-8(2)15)6-13-12(16)11-5-10(14(17)18)9(3)19-11/h5,7-8,15H,4,6H2,1-3H3,(H,13,16). The molecule has 0 bridgehead atoms. The average Bonchev–Trinajstić information content (AvgIpc) is 2.67. The number of carbonyl (C=O) groups is 1. The summed E-state index contributed by atoms with van der Waals surface area (Å²) >= 11 is 1.11. The van der Waals surface area contributed by atoms with E-state index in [0.717, 1.165) is 11.3 Å². The monoisotopic (exact) mass is 286 g/mol. The molecule has 1 heterocycles. The van der Waals surface area contributed by atoms with Gasteiger partial charge in [0.05, 0.1) is 20.8 Å². The second-order valence-electron chi connectivity index (χ2n) is 4.71. The molecule has 0 saturated heterocycles. The predicted molar refractivity (Wildman–Crippen MR) is 73.5 cm³/mol. The first kappa shape index (κ1) is 15.6. The van der Waals surface area contributed by atoms with Gasteiger partial charge in [0, 0.05) is 12.6 Å². The van der Waals surface area contributed by atoms with Gasteiger partial charge in [0.15, 0.2) is 0 Å². The lowest BCUT2D eigenvalue weighted by atomic mass is 10.0. The van der Waals surface area contributed by atoms with Crippen molar-refractivity contribution in [2.75, 3.05) is 6.54 Å². The summed E-state index contributed by atoms with van der Waals surface area (Å²) in [6.45, 7) is 5.68. The number of aryl methyl sites for hydroxylation is 1. The Kier molecular flexibility index (Phi) is 5.44. The van der Waals surface area contributed by atoms with Gasteiger partial charge < -0.3 is 10.4 Å². The third-order valence-corrected chi connectivity index (χ3v) is 3.71. The lowest BCUT2D eigenvalue weighted by Gasteiger charge is -2.13. The molecule has 0 radical (unpaired) electrons. The Morgan fingerprint density at radius 2 is 2.21 bits per heavy atom. The maximum Gasteiger partial charge on any atom is 0.283 e. The van der Waals surface area contributed by atoms with Crippen molar-refractivity contribution in [2.24, 2.45) is 5.92 Å². The number of thiophene rings is 1. The number of nitrogens with one attached hydrogen (secondary N) is 1. The van der Waals surface area contributed by atoms with Crippen molar-refractivity contribution < 1.29 is 14.8 Å². The van der Waals surface area contributed by atoms with Crippen molar-refractivity contribution in [1.29, 1.82) is 0 Å². The highest BCUT2D eigenvalue weighted by molar-refractivity contribution is 7.14. The fourth-order valence-corrected chi connectivity index (χ4v) is 2.69. The minimum Gasteiger partial charge on any atom is -0.393 e. The summed E-state index contributed by atoms with van der Waals surface area (Å²) in [5.41, 5.74) is -0.0211. The highest BCUT2D eigenvalue weighted by atomic mass is 32.1. The molecule has 1 aromatic heterocycles. The van der Waals surface area contributed by atoms with Gasteiger partial charge in [-0.1, -0.05) is 6.92 Å². The number of aliphatic hydroxyl groups excluding tert-OH is 1. The molecule has 19 heavy (non-hydrogen) atoms. The number of hydrogen-bond donors (Lipinski definition) is 2. The predicted octanol–water partition coefficient (Wildman–Crippen LogP) is 2.10. The Labute approximate surface area is 115 Å². The number of hydrogen-bond acceptors (Lipinski definition) is 5. The van der Waals surface area contributed by atoms with E-state index in [0.29, 0.717) is 22.7 Å². The van der Waals surface area contributed by atoms with E-state index in [4.69, 9.17) is 0 Å². The van der Waals surface area contributed by atoms with E-state index in [1.807, 2.05) is 6.92 Å². The SMILES string of the molecule is Cc1sc(C(=O)NCC(C)CC(C)O)cc1[N+](=O)[O-]. The third-order valence-electron chi connectivity index (χ3n) is 2.67. The van der Waals surface area contributed by atoms with Gasteiger partial charge in [-0.2, -0.15) is 0 Å². The maximum atomic E-state index is 11.8. The highest BCUT2D eigenvalue weighted by Crippen LogP contribution is 2.27. The molecular formula is C12H18N2O4S. The van der Waals surface area contributed by atoms with Crippen LogP contribution in [0.4, 0.5) is 5.69 Å². The van der Waals surface area contributed by atoms with Gasteiger partial charge >= 0.3 is 0 Å². The number of aliphatic hydroxyl groups is 1. The lowest BCUT2D eigenvalue weighted by Crippen LogP contribution is -2.28. The summed E-state index contributed by atoms with van der Waals surface area (Å²) in [5.74, 6) is -0.154. The Morgan fingerprint density at radius 3 is 2.68 bits per heavy atom. The zero-order chi connectivity index (χ0) is 14.6. The molecule has 1 amide bonds. The summed E-state index contributed by atoms with van der Waals surface area (Å²) in [7, 11) is 0. The Morgan fingerprint density at radius 1 is 1.58 bits per heavy atom. The van der Waals surface area contributed by atoms with Crippen molar-refractivity contribution in [3.05, 3.63) is 25.9 Å². The van der Waals surface area contributed by atoms with Crippen LogP contribution >= 0.6 is 11.3 Å². The van der Waals surface area contributed by atoms with Gasteiger partial charge in [-0.15, -0.1) is 11.3 Å². The van der Waals surface area contributed by atoms with Crippen LogP contribution in [0.5, 0.6) is 0 Å². The van der Waals surface area contributed by atoms with Gasteiger partial charge in [-0.05, 0) is 26.2 Å². The molecule has 2 atom stereocenters. The molecule has 7 heteroatoms. The maximum absolute atomic E-state index is 11.8. The van der Waals surface area contributed by atoms with E-state index in [1.54, 1.807) is 13.8 Å². The van der Waals surface area contributed by atoms with Crippen molar-refractivity contribution in [1.82, 2.24) is 5.32 Å². The van der Waals surface area contributed by atoms with Crippen molar-refractivity contribution in [3.8, 4) is 0 Å². The summed E-state index contributed by atoms with van der Waals surface area (Å²) in [6.07, 6.45) is 0.196. The summed E-state index contributed by atoms with van der Waals surface area (Å²) in [6, 6.07) is 1.30. The van der Waals surface area contributed by atoms with Crippen LogP contribution in [0, 0.1) is 23.0 Å². The van der Waals surface area contributed by atoms with E-state index in [2.05, 4.69) is 5.32 Å². The molecule has 106 valence electrons. The van der Waals surface area contributed by atoms with Crippen LogP contribution < -0.4 is 5.32 Å². The number of nitrogens with zero attached hydrogens (tertiary/aromatic N) is 1. The van der Waals surface area contributed by atoms with Gasteiger partial charge in [0.1, 0.15) is 0 Å². The lowest BCUT2D eigenvalue weighted by molar-refractivity contribution is -0.385. The smallest absolute Gasteiger partial charge is 0.283 e. The van der Waals surface area contributed by atoms with Crippen molar-refractivity contribution in [3.63, 3.8) is 0 Å². The third kappa shape index (κ3) is 4.60. The first-order valence-electron chi connectivity index (χ1n) is 6.02. The normalized spacial score (nSPS) is 13.9. The van der Waals surface area contributed by atoms with Gasteiger partial charge in [-0.25, -0.2) is 0 Å². The van der Waals surface area contributed by atoms with Crippen LogP contribution in [-0.2, 0) is 0 Å². The second kappa shape index (κ2) is 6.63. The molecule has 0 aliphatic carbocycles. The minimum absolute atomic E-state index is 0.0211. The van der Waals surface area contributed by atoms with Gasteiger partial charge in [0.25, 0.3) is 11.6 Å². The summed E-state index contributed by atoms with van der Waals surface area (Å²) in [5, 5.41) is 22.6. The van der Waals surface area contributed by atoms with E-state index < -0.39 is 11.0 Å². The molecule has 0 aliphatic rings. The van der Waals surface area contributed by atoms with Crippen molar-refractivity contribution in [2.45, 2.75) is 33.3 Å². The van der Waals surface area contributed by atoms with Crippen LogP contribution in [0.1, 0.15) is 34.8 Å². The Hall–Kier alpha value is -1.47. The molecule has 0 saturated carbocycles. The first-order valence-corrected chi connectivity index (χ1v) is 6.84. The zero-order valence-electron chi connectivity index (χ0n) is 11.2. The quantitative estimate of drug-likeness (QED) is 0.618. The molecule has 6 nitrogen and oxygen atoms in total. The molecule has 0 aromatic carbocycles. The van der Waals surface area contributed by atoms with Crippen LogP contribution in [0.2, 0.25) is 0 Å². The van der Waals surface area contributed by atoms with Crippen molar-refractivity contribution >= 4 is 22.9 Å². The second-order valence-corrected chi connectivity index (χ2v) is 5.97. The van der Waals surface area contributed by atoms with E-state index >= 15 is 0 Å². The number of carbonyl (C=O) groups excluding carboxylic acids is 1. The number of rotatable bonds is 6. The van der Waals surface area contributed by atoms with Crippen LogP contribution in [0.3, 0.4) is 0 Å². The van der Waals surface area contributed by atoms with E-state index in [9.17, 15) is 20.0 Å². The number of amides is 1. The molecule has 2 unspecified atom stereocenters. The van der Waals surface area contributed by atoms with Crippen LogP contribution in [0.25, 0.3) is 0 Å². The minimum atomic E-state index is -0.487. The van der Waals surface area contributed by atoms with E-state index in [1.165, 1.54) is 6.07 Å². The summed E-state index contributed by atoms with van der Waals surface area (Å²) in [4.78, 5) is 22.9. The van der Waals surface area contributed by atoms with E-state index in [-0.39, 0.29) is 17.5 Å². The molecule has 1 aromatic rings.